The van der Waals surface area contributed by atoms with Gasteiger partial charge in [-0.1, -0.05) is 31.4 Å². The number of anilines is 1. The molecule has 0 bridgehead atoms. The van der Waals surface area contributed by atoms with E-state index < -0.39 is 29.3 Å². The van der Waals surface area contributed by atoms with Gasteiger partial charge in [-0.2, -0.15) is 0 Å². The molecular weight excluding hydrogens is 394 g/mol. The number of urea groups is 1. The summed E-state index contributed by atoms with van der Waals surface area (Å²) in [6.45, 7) is 1.39. The normalized spacial score (nSPS) is 20.0. The van der Waals surface area contributed by atoms with Crippen LogP contribution in [0.25, 0.3) is 0 Å². The summed E-state index contributed by atoms with van der Waals surface area (Å²) in [4.78, 5) is 49.3. The lowest BCUT2D eigenvalue weighted by atomic mass is 9.96. The zero-order valence-electron chi connectivity index (χ0n) is 16.2. The Balaban J connectivity index is 1.44. The minimum Gasteiger partial charge on any atom is -0.452 e. The van der Waals surface area contributed by atoms with Crippen LogP contribution in [0, 0.1) is 0 Å². The number of thioether (sulfide) groups is 1. The number of carbonyl (C=O) groups excluding carboxylic acids is 4. The highest BCUT2D eigenvalue weighted by atomic mass is 32.2. The van der Waals surface area contributed by atoms with E-state index in [-0.39, 0.29) is 18.4 Å². The minimum atomic E-state index is -1.14. The Morgan fingerprint density at radius 1 is 1.21 bits per heavy atom. The Morgan fingerprint density at radius 2 is 1.93 bits per heavy atom. The van der Waals surface area contributed by atoms with Crippen LogP contribution in [0.4, 0.5) is 10.5 Å². The third kappa shape index (κ3) is 5.96. The molecule has 0 saturated heterocycles. The smallest absolute Gasteiger partial charge is 0.321 e. The molecule has 0 unspecified atom stereocenters. The number of hydrogen-bond donors (Lipinski definition) is 3. The van der Waals surface area contributed by atoms with Crippen LogP contribution >= 0.6 is 11.8 Å². The van der Waals surface area contributed by atoms with Gasteiger partial charge in [0.1, 0.15) is 0 Å². The number of imide groups is 1. The summed E-state index contributed by atoms with van der Waals surface area (Å²) in [7, 11) is 0. The summed E-state index contributed by atoms with van der Waals surface area (Å²) >= 11 is 1.28. The average molecular weight is 420 g/mol. The Hall–Kier alpha value is -2.55. The molecule has 8 nitrogen and oxygen atoms in total. The number of fused-ring (bicyclic) bond motifs is 1. The Bertz CT molecular complexity index is 794. The van der Waals surface area contributed by atoms with E-state index >= 15 is 0 Å². The first-order valence-electron chi connectivity index (χ1n) is 9.80. The zero-order chi connectivity index (χ0) is 20.8. The lowest BCUT2D eigenvalue weighted by molar-refractivity contribution is -0.154. The van der Waals surface area contributed by atoms with Crippen LogP contribution in [0.3, 0.4) is 0 Å². The average Bonchev–Trinajstić information content (AvgIpc) is 2.69. The van der Waals surface area contributed by atoms with Crippen molar-refractivity contribution < 1.29 is 23.9 Å². The molecule has 3 N–H and O–H groups in total. The first kappa shape index (κ1) is 21.2. The minimum absolute atomic E-state index is 0.0686. The van der Waals surface area contributed by atoms with Crippen LogP contribution in [0.5, 0.6) is 0 Å². The topological polar surface area (TPSA) is 114 Å². The Morgan fingerprint density at radius 3 is 2.69 bits per heavy atom. The number of ether oxygens (including phenoxy) is 1. The van der Waals surface area contributed by atoms with Crippen molar-refractivity contribution in [1.29, 1.82) is 0 Å². The van der Waals surface area contributed by atoms with E-state index in [9.17, 15) is 19.2 Å². The second kappa shape index (κ2) is 9.78. The molecule has 4 amide bonds. The van der Waals surface area contributed by atoms with Crippen LogP contribution in [-0.4, -0.2) is 41.2 Å². The zero-order valence-corrected chi connectivity index (χ0v) is 17.1. The summed E-state index contributed by atoms with van der Waals surface area (Å²) in [6, 6.07) is 6.81. The van der Waals surface area contributed by atoms with E-state index in [1.54, 1.807) is 6.07 Å². The molecular formula is C20H25N3O5S. The molecule has 156 valence electrons. The standard InChI is InChI=1S/C20H25N3O5S/c1-12(18(25)23-20(27)21-13-7-3-2-4-8-13)28-17(24)11-16-19(26)22-14-9-5-6-10-15(14)29-16/h5-6,9-10,12-13,16H,2-4,7-8,11H2,1H3,(H,22,26)(H2,21,23,25,27)/t12-,16-/m0/s1. The number of benzene rings is 1. The van der Waals surface area contributed by atoms with Crippen molar-refractivity contribution in [2.45, 2.75) is 67.7 Å². The van der Waals surface area contributed by atoms with Crippen molar-refractivity contribution in [3.63, 3.8) is 0 Å². The van der Waals surface area contributed by atoms with E-state index in [2.05, 4.69) is 16.0 Å². The van der Waals surface area contributed by atoms with Crippen molar-refractivity contribution in [3.8, 4) is 0 Å². The fourth-order valence-corrected chi connectivity index (χ4v) is 4.45. The summed E-state index contributed by atoms with van der Waals surface area (Å²) in [5, 5.41) is 7.10. The molecule has 1 heterocycles. The van der Waals surface area contributed by atoms with Crippen LogP contribution in [0.2, 0.25) is 0 Å². The van der Waals surface area contributed by atoms with Crippen LogP contribution in [-0.2, 0) is 19.1 Å². The van der Waals surface area contributed by atoms with Gasteiger partial charge in [0.2, 0.25) is 5.91 Å². The highest BCUT2D eigenvalue weighted by Crippen LogP contribution is 2.36. The maximum atomic E-state index is 12.2. The van der Waals surface area contributed by atoms with E-state index in [1.807, 2.05) is 18.2 Å². The molecule has 1 aromatic rings. The van der Waals surface area contributed by atoms with Crippen LogP contribution < -0.4 is 16.0 Å². The first-order chi connectivity index (χ1) is 13.9. The fraction of sp³-hybridized carbons (Fsp3) is 0.500. The molecule has 0 spiro atoms. The van der Waals surface area contributed by atoms with Crippen LogP contribution in [0.1, 0.15) is 45.4 Å². The van der Waals surface area contributed by atoms with Gasteiger partial charge in [0.15, 0.2) is 6.10 Å². The van der Waals surface area contributed by atoms with E-state index in [4.69, 9.17) is 4.74 Å². The highest BCUT2D eigenvalue weighted by molar-refractivity contribution is 8.01. The number of carbonyl (C=O) groups is 4. The summed E-state index contributed by atoms with van der Waals surface area (Å²) in [5.74, 6) is -1.65. The first-order valence-corrected chi connectivity index (χ1v) is 10.7. The van der Waals surface area contributed by atoms with Gasteiger partial charge < -0.3 is 15.4 Å². The molecule has 9 heteroatoms. The fourth-order valence-electron chi connectivity index (χ4n) is 3.36. The summed E-state index contributed by atoms with van der Waals surface area (Å²) in [6.07, 6.45) is 3.77. The number of para-hydroxylation sites is 1. The lowest BCUT2D eigenvalue weighted by Crippen LogP contribution is -2.48. The molecule has 1 aromatic carbocycles. The molecule has 1 aliphatic heterocycles. The van der Waals surface area contributed by atoms with Gasteiger partial charge in [-0.3, -0.25) is 19.7 Å². The molecule has 0 aromatic heterocycles. The van der Waals surface area contributed by atoms with E-state index in [0.29, 0.717) is 5.69 Å². The Kier molecular flexibility index (Phi) is 7.13. The largest absolute Gasteiger partial charge is 0.452 e. The lowest BCUT2D eigenvalue weighted by Gasteiger charge is -2.24. The summed E-state index contributed by atoms with van der Waals surface area (Å²) < 4.78 is 5.12. The molecule has 0 radical (unpaired) electrons. The molecule has 1 saturated carbocycles. The SMILES string of the molecule is C[C@H](OC(=O)C[C@@H]1Sc2ccccc2NC1=O)C(=O)NC(=O)NC1CCCCC1. The van der Waals surface area contributed by atoms with Gasteiger partial charge in [-0.05, 0) is 31.9 Å². The molecule has 1 aliphatic carbocycles. The highest BCUT2D eigenvalue weighted by Gasteiger charge is 2.31. The number of nitrogens with one attached hydrogen (secondary N) is 3. The number of esters is 1. The van der Waals surface area contributed by atoms with Crippen molar-refractivity contribution in [1.82, 2.24) is 10.6 Å². The predicted octanol–water partition coefficient (Wildman–Crippen LogP) is 2.58. The molecule has 1 fully saturated rings. The molecule has 2 atom stereocenters. The van der Waals surface area contributed by atoms with Gasteiger partial charge in [0.05, 0.1) is 17.4 Å². The quantitative estimate of drug-likeness (QED) is 0.632. The van der Waals surface area contributed by atoms with Gasteiger partial charge in [-0.15, -0.1) is 11.8 Å². The molecule has 3 rings (SSSR count). The maximum absolute atomic E-state index is 12.2. The third-order valence-electron chi connectivity index (χ3n) is 4.91. The number of amides is 4. The molecule has 2 aliphatic rings. The number of rotatable bonds is 5. The predicted molar refractivity (Wildman–Crippen MR) is 108 cm³/mol. The van der Waals surface area contributed by atoms with E-state index in [1.165, 1.54) is 18.7 Å². The number of hydrogen-bond acceptors (Lipinski definition) is 6. The van der Waals surface area contributed by atoms with E-state index in [0.717, 1.165) is 37.0 Å². The van der Waals surface area contributed by atoms with Gasteiger partial charge in [-0.25, -0.2) is 4.79 Å². The second-order valence-electron chi connectivity index (χ2n) is 7.23. The van der Waals surface area contributed by atoms with Gasteiger partial charge >= 0.3 is 12.0 Å². The van der Waals surface area contributed by atoms with Gasteiger partial charge in [0.25, 0.3) is 5.91 Å². The summed E-state index contributed by atoms with van der Waals surface area (Å²) in [5.41, 5.74) is 0.712. The van der Waals surface area contributed by atoms with Crippen molar-refractivity contribution in [2.75, 3.05) is 5.32 Å². The van der Waals surface area contributed by atoms with Crippen molar-refractivity contribution in [2.24, 2.45) is 0 Å². The maximum Gasteiger partial charge on any atom is 0.321 e. The monoisotopic (exact) mass is 419 g/mol. The van der Waals surface area contributed by atoms with Crippen LogP contribution in [0.15, 0.2) is 29.2 Å². The molecule has 29 heavy (non-hydrogen) atoms. The second-order valence-corrected chi connectivity index (χ2v) is 8.47. The van der Waals surface area contributed by atoms with Crippen molar-refractivity contribution >= 4 is 41.3 Å². The van der Waals surface area contributed by atoms with Crippen molar-refractivity contribution in [3.05, 3.63) is 24.3 Å². The van der Waals surface area contributed by atoms with Gasteiger partial charge in [0, 0.05) is 10.9 Å². The Labute approximate surface area is 173 Å². The third-order valence-corrected chi connectivity index (χ3v) is 6.19.